The molecule has 0 atom stereocenters. The van der Waals surface area contributed by atoms with E-state index in [-0.39, 0.29) is 5.41 Å². The van der Waals surface area contributed by atoms with Gasteiger partial charge in [-0.1, -0.05) is 39.0 Å². The highest BCUT2D eigenvalue weighted by Crippen LogP contribution is 2.30. The molecule has 0 aliphatic carbocycles. The van der Waals surface area contributed by atoms with Gasteiger partial charge in [0.1, 0.15) is 5.75 Å². The van der Waals surface area contributed by atoms with Crippen LogP contribution in [0.1, 0.15) is 26.3 Å². The van der Waals surface area contributed by atoms with E-state index in [0.717, 1.165) is 16.2 Å². The zero-order valence-electron chi connectivity index (χ0n) is 8.22. The van der Waals surface area contributed by atoms with Crippen molar-refractivity contribution in [2.24, 2.45) is 0 Å². The minimum absolute atomic E-state index is 0.182. The lowest BCUT2D eigenvalue weighted by atomic mass is 9.86. The Morgan fingerprint density at radius 3 is 2.17 bits per heavy atom. The van der Waals surface area contributed by atoms with Crippen molar-refractivity contribution in [2.45, 2.75) is 26.2 Å². The fourth-order valence-electron chi connectivity index (χ4n) is 1.26. The summed E-state index contributed by atoms with van der Waals surface area (Å²) >= 11 is 0. The van der Waals surface area contributed by atoms with Gasteiger partial charge in [0.25, 0.3) is 0 Å². The predicted octanol–water partition coefficient (Wildman–Crippen LogP) is 1.64. The molecule has 0 saturated carbocycles. The highest BCUT2D eigenvalue weighted by Gasteiger charge is 2.16. The first-order valence-electron chi connectivity index (χ1n) is 4.19. The molecule has 0 radical (unpaired) electrons. The first kappa shape index (κ1) is 9.33. The van der Waals surface area contributed by atoms with Gasteiger partial charge in [0.15, 0.2) is 0 Å². The zero-order chi connectivity index (χ0) is 9.19. The van der Waals surface area contributed by atoms with Crippen LogP contribution >= 0.6 is 0 Å². The second kappa shape index (κ2) is 3.31. The molecule has 66 valence electrons. The number of hydrogen-bond acceptors (Lipinski definition) is 1. The van der Waals surface area contributed by atoms with E-state index >= 15 is 0 Å². The molecule has 2 heteroatoms. The van der Waals surface area contributed by atoms with Gasteiger partial charge in [-0.25, -0.2) is 0 Å². The summed E-state index contributed by atoms with van der Waals surface area (Å²) in [7, 11) is 0.759. The Bertz CT molecular complexity index is 263. The molecule has 0 aromatic heterocycles. The maximum atomic E-state index is 5.41. The Kier molecular flexibility index (Phi) is 2.57. The standard InChI is InChI=1S/C10H16OSi/c1-10(2,3)8-6-4-5-7-9(8)11-12/h4-7H,1-3,12H3. The quantitative estimate of drug-likeness (QED) is 0.597. The molecule has 0 aliphatic rings. The van der Waals surface area contributed by atoms with Gasteiger partial charge in [-0.2, -0.15) is 0 Å². The molecule has 0 heterocycles. The average Bonchev–Trinajstić information content (AvgIpc) is 2.03. The molecule has 0 bridgehead atoms. The Hall–Kier alpha value is -0.763. The topological polar surface area (TPSA) is 9.23 Å². The molecule has 0 fully saturated rings. The summed E-state index contributed by atoms with van der Waals surface area (Å²) < 4.78 is 5.41. The minimum Gasteiger partial charge on any atom is -0.553 e. The third-order valence-electron chi connectivity index (χ3n) is 1.91. The van der Waals surface area contributed by atoms with Crippen molar-refractivity contribution in [2.75, 3.05) is 0 Å². The highest BCUT2D eigenvalue weighted by molar-refractivity contribution is 6.00. The van der Waals surface area contributed by atoms with E-state index < -0.39 is 0 Å². The molecule has 1 aromatic rings. The summed E-state index contributed by atoms with van der Waals surface area (Å²) in [6.07, 6.45) is 0. The lowest BCUT2D eigenvalue weighted by molar-refractivity contribution is 0.536. The predicted molar refractivity (Wildman–Crippen MR) is 55.7 cm³/mol. The molecular formula is C10H16OSi. The average molecular weight is 180 g/mol. The third-order valence-corrected chi connectivity index (χ3v) is 2.35. The van der Waals surface area contributed by atoms with Crippen molar-refractivity contribution in [3.63, 3.8) is 0 Å². The Morgan fingerprint density at radius 2 is 1.75 bits per heavy atom. The lowest BCUT2D eigenvalue weighted by Crippen LogP contribution is -2.12. The second-order valence-corrected chi connectivity index (χ2v) is 4.36. The normalized spacial score (nSPS) is 11.6. The molecule has 12 heavy (non-hydrogen) atoms. The van der Waals surface area contributed by atoms with Crippen molar-refractivity contribution in [1.82, 2.24) is 0 Å². The Labute approximate surface area is 77.3 Å². The zero-order valence-corrected chi connectivity index (χ0v) is 10.2. The second-order valence-electron chi connectivity index (χ2n) is 3.95. The van der Waals surface area contributed by atoms with Crippen LogP contribution < -0.4 is 4.43 Å². The van der Waals surface area contributed by atoms with Crippen LogP contribution in [0, 0.1) is 0 Å². The van der Waals surface area contributed by atoms with Gasteiger partial charge >= 0.3 is 0 Å². The Morgan fingerprint density at radius 1 is 1.17 bits per heavy atom. The van der Waals surface area contributed by atoms with Crippen LogP contribution in [0.3, 0.4) is 0 Å². The van der Waals surface area contributed by atoms with Crippen molar-refractivity contribution < 1.29 is 4.43 Å². The van der Waals surface area contributed by atoms with Gasteiger partial charge in [0, 0.05) is 0 Å². The van der Waals surface area contributed by atoms with Crippen molar-refractivity contribution in [3.05, 3.63) is 29.8 Å². The molecule has 0 amide bonds. The van der Waals surface area contributed by atoms with Crippen molar-refractivity contribution in [3.8, 4) is 5.75 Å². The van der Waals surface area contributed by atoms with E-state index in [4.69, 9.17) is 4.43 Å². The van der Waals surface area contributed by atoms with Gasteiger partial charge < -0.3 is 4.43 Å². The van der Waals surface area contributed by atoms with Gasteiger partial charge in [0.05, 0.1) is 0 Å². The number of hydrogen-bond donors (Lipinski definition) is 0. The molecule has 0 unspecified atom stereocenters. The molecule has 1 rings (SSSR count). The fourth-order valence-corrected chi connectivity index (χ4v) is 1.62. The van der Waals surface area contributed by atoms with Crippen LogP contribution in [0.2, 0.25) is 0 Å². The summed E-state index contributed by atoms with van der Waals surface area (Å²) in [6.45, 7) is 6.60. The summed E-state index contributed by atoms with van der Waals surface area (Å²) in [6, 6.07) is 8.24. The monoisotopic (exact) mass is 180 g/mol. The van der Waals surface area contributed by atoms with E-state index in [1.807, 2.05) is 12.1 Å². The SMILES string of the molecule is CC(C)(C)c1ccccc1O[SiH3]. The fraction of sp³-hybridized carbons (Fsp3) is 0.400. The van der Waals surface area contributed by atoms with Crippen LogP contribution in [-0.4, -0.2) is 10.5 Å². The Balaban J connectivity index is 3.14. The van der Waals surface area contributed by atoms with Gasteiger partial charge in [-0.3, -0.25) is 0 Å². The largest absolute Gasteiger partial charge is 0.553 e. The van der Waals surface area contributed by atoms with E-state index in [2.05, 4.69) is 32.9 Å². The summed E-state index contributed by atoms with van der Waals surface area (Å²) in [5, 5.41) is 0. The minimum atomic E-state index is 0.182. The maximum absolute atomic E-state index is 5.41. The third kappa shape index (κ3) is 1.88. The number of para-hydroxylation sites is 1. The van der Waals surface area contributed by atoms with Gasteiger partial charge in [0.2, 0.25) is 10.5 Å². The van der Waals surface area contributed by atoms with Crippen molar-refractivity contribution >= 4 is 10.5 Å². The molecule has 1 aromatic carbocycles. The highest BCUT2D eigenvalue weighted by atomic mass is 28.2. The first-order chi connectivity index (χ1) is 5.55. The van der Waals surface area contributed by atoms with E-state index in [0.29, 0.717) is 0 Å². The molecule has 0 aliphatic heterocycles. The smallest absolute Gasteiger partial charge is 0.204 e. The number of benzene rings is 1. The van der Waals surface area contributed by atoms with E-state index in [1.54, 1.807) is 0 Å². The van der Waals surface area contributed by atoms with Crippen LogP contribution in [-0.2, 0) is 5.41 Å². The van der Waals surface area contributed by atoms with Crippen LogP contribution in [0.25, 0.3) is 0 Å². The van der Waals surface area contributed by atoms with Crippen LogP contribution in [0.5, 0.6) is 5.75 Å². The van der Waals surface area contributed by atoms with E-state index in [1.165, 1.54) is 5.56 Å². The first-order valence-corrected chi connectivity index (χ1v) is 5.01. The van der Waals surface area contributed by atoms with E-state index in [9.17, 15) is 0 Å². The number of rotatable bonds is 1. The summed E-state index contributed by atoms with van der Waals surface area (Å²) in [5.41, 5.74) is 1.47. The molecule has 0 saturated heterocycles. The summed E-state index contributed by atoms with van der Waals surface area (Å²) in [4.78, 5) is 0. The summed E-state index contributed by atoms with van der Waals surface area (Å²) in [5.74, 6) is 1.04. The van der Waals surface area contributed by atoms with Gasteiger partial charge in [-0.15, -0.1) is 0 Å². The molecule has 0 spiro atoms. The molecular weight excluding hydrogens is 164 g/mol. The lowest BCUT2D eigenvalue weighted by Gasteiger charge is -2.21. The van der Waals surface area contributed by atoms with Gasteiger partial charge in [-0.05, 0) is 17.0 Å². The maximum Gasteiger partial charge on any atom is 0.204 e. The van der Waals surface area contributed by atoms with Crippen LogP contribution in [0.4, 0.5) is 0 Å². The molecule has 0 N–H and O–H groups in total. The molecule has 1 nitrogen and oxygen atoms in total. The van der Waals surface area contributed by atoms with Crippen LogP contribution in [0.15, 0.2) is 24.3 Å². The van der Waals surface area contributed by atoms with Crippen molar-refractivity contribution in [1.29, 1.82) is 0 Å².